The quantitative estimate of drug-likeness (QED) is 0.284. The van der Waals surface area contributed by atoms with E-state index in [0.29, 0.717) is 0 Å². The van der Waals surface area contributed by atoms with E-state index >= 15 is 0 Å². The molecule has 0 aliphatic carbocycles. The number of hydrogen-bond acceptors (Lipinski definition) is 3. The highest BCUT2D eigenvalue weighted by Gasteiger charge is 2.12. The number of hydrogen-bond donors (Lipinski definition) is 3. The van der Waals surface area contributed by atoms with Crippen molar-refractivity contribution < 1.29 is 15.3 Å². The third-order valence-corrected chi connectivity index (χ3v) is 0.822. The Morgan fingerprint density at radius 3 is 1.50 bits per heavy atom. The number of aliphatic hydroxyl groups is 3. The summed E-state index contributed by atoms with van der Waals surface area (Å²) in [5, 5.41) is 23.8. The molecule has 0 saturated heterocycles. The van der Waals surface area contributed by atoms with Crippen LogP contribution in [-0.4, -0.2) is 27.5 Å². The molecule has 38 valence electrons. The molecule has 0 amide bonds. The molecule has 0 saturated carbocycles. The molecule has 0 radical (unpaired) electrons. The largest absolute Gasteiger partial charge is 0.343 e. The fourth-order valence-corrected chi connectivity index (χ4v) is 0. The van der Waals surface area contributed by atoms with Crippen LogP contribution < -0.4 is 0 Å². The summed E-state index contributed by atoms with van der Waals surface area (Å²) in [6.07, 6.45) is -0.146. The molecule has 1 atom stereocenters. The maximum absolute atomic E-state index is 7.92. The number of rotatable bonds is 1. The highest BCUT2D eigenvalue weighted by Crippen LogP contribution is 1.95. The van der Waals surface area contributed by atoms with E-state index in [-0.39, 0.29) is 6.16 Å². The Hall–Kier alpha value is 0.310. The molecule has 0 aromatic carbocycles. The molecule has 3 N–H and O–H groups in total. The second kappa shape index (κ2) is 1.85. The summed E-state index contributed by atoms with van der Waals surface area (Å²) in [6, 6.07) is 0. The minimum atomic E-state index is -2.50. The lowest BCUT2D eigenvalue weighted by atomic mass is 10.7. The summed E-state index contributed by atoms with van der Waals surface area (Å²) in [5.74, 6) is -2.50. The molecule has 0 heterocycles. The van der Waals surface area contributed by atoms with Gasteiger partial charge in [-0.15, -0.1) is 9.24 Å². The topological polar surface area (TPSA) is 60.7 Å². The molecule has 0 rings (SSSR count). The Morgan fingerprint density at radius 1 is 1.33 bits per heavy atom. The van der Waals surface area contributed by atoms with Gasteiger partial charge in [0.2, 0.25) is 0 Å². The highest BCUT2D eigenvalue weighted by molar-refractivity contribution is 7.16. The van der Waals surface area contributed by atoms with E-state index in [0.717, 1.165) is 0 Å². The molecule has 0 aliphatic heterocycles. The van der Waals surface area contributed by atoms with Crippen LogP contribution in [0.3, 0.4) is 0 Å². The average molecular weight is 110 g/mol. The van der Waals surface area contributed by atoms with Gasteiger partial charge < -0.3 is 15.3 Å². The van der Waals surface area contributed by atoms with Gasteiger partial charge in [-0.25, -0.2) is 0 Å². The van der Waals surface area contributed by atoms with Crippen LogP contribution in [0.4, 0.5) is 0 Å². The van der Waals surface area contributed by atoms with Crippen LogP contribution in [0.15, 0.2) is 0 Å². The predicted molar refractivity (Wildman–Crippen MR) is 24.0 cm³/mol. The summed E-state index contributed by atoms with van der Waals surface area (Å²) in [4.78, 5) is 0. The minimum absolute atomic E-state index is 0.146. The van der Waals surface area contributed by atoms with Gasteiger partial charge in [0.05, 0.1) is 0 Å². The van der Waals surface area contributed by atoms with Gasteiger partial charge in [-0.2, -0.15) is 0 Å². The first-order valence-corrected chi connectivity index (χ1v) is 2.25. The van der Waals surface area contributed by atoms with E-state index < -0.39 is 5.97 Å². The lowest BCUT2D eigenvalue weighted by Crippen LogP contribution is -2.28. The zero-order chi connectivity index (χ0) is 5.21. The van der Waals surface area contributed by atoms with Crippen molar-refractivity contribution in [2.45, 2.75) is 5.97 Å². The first-order valence-electron chi connectivity index (χ1n) is 1.43. The molecular formula is C2H7O3P. The fourth-order valence-electron chi connectivity index (χ4n) is 0. The molecule has 0 spiro atoms. The Balaban J connectivity index is 3.17. The lowest BCUT2D eigenvalue weighted by molar-refractivity contribution is -0.293. The fraction of sp³-hybridized carbons (Fsp3) is 1.00. The zero-order valence-electron chi connectivity index (χ0n) is 3.13. The van der Waals surface area contributed by atoms with Crippen molar-refractivity contribution in [1.82, 2.24) is 0 Å². The molecule has 6 heavy (non-hydrogen) atoms. The maximum Gasteiger partial charge on any atom is 0.278 e. The summed E-state index contributed by atoms with van der Waals surface area (Å²) in [6.45, 7) is 0. The SMILES string of the molecule is OC(O)(O)CP. The van der Waals surface area contributed by atoms with Crippen LogP contribution in [0.5, 0.6) is 0 Å². The molecule has 3 nitrogen and oxygen atoms in total. The van der Waals surface area contributed by atoms with Crippen LogP contribution in [-0.2, 0) is 0 Å². The van der Waals surface area contributed by atoms with Gasteiger partial charge >= 0.3 is 0 Å². The van der Waals surface area contributed by atoms with Crippen LogP contribution in [0.1, 0.15) is 0 Å². The molecule has 1 unspecified atom stereocenters. The van der Waals surface area contributed by atoms with Crippen LogP contribution >= 0.6 is 9.24 Å². The van der Waals surface area contributed by atoms with Crippen molar-refractivity contribution in [3.05, 3.63) is 0 Å². The second-order valence-electron chi connectivity index (χ2n) is 0.978. The monoisotopic (exact) mass is 110 g/mol. The Morgan fingerprint density at radius 2 is 1.50 bits per heavy atom. The molecule has 0 aliphatic rings. The van der Waals surface area contributed by atoms with Gasteiger partial charge in [-0.3, -0.25) is 0 Å². The van der Waals surface area contributed by atoms with Crippen molar-refractivity contribution in [2.24, 2.45) is 0 Å². The van der Waals surface area contributed by atoms with E-state index in [1.165, 1.54) is 0 Å². The van der Waals surface area contributed by atoms with E-state index in [2.05, 4.69) is 0 Å². The summed E-state index contributed by atoms with van der Waals surface area (Å²) < 4.78 is 0. The van der Waals surface area contributed by atoms with Gasteiger partial charge in [-0.1, -0.05) is 0 Å². The van der Waals surface area contributed by atoms with E-state index in [4.69, 9.17) is 15.3 Å². The van der Waals surface area contributed by atoms with Gasteiger partial charge in [0, 0.05) is 6.16 Å². The van der Waals surface area contributed by atoms with Crippen LogP contribution in [0, 0.1) is 0 Å². The summed E-state index contributed by atoms with van der Waals surface area (Å²) in [5.41, 5.74) is 0. The van der Waals surface area contributed by atoms with Crippen molar-refractivity contribution in [3.63, 3.8) is 0 Å². The van der Waals surface area contributed by atoms with Gasteiger partial charge in [0.1, 0.15) is 0 Å². The van der Waals surface area contributed by atoms with Crippen molar-refractivity contribution in [1.29, 1.82) is 0 Å². The Bertz CT molecular complexity index is 38.5. The third-order valence-electron chi connectivity index (χ3n) is 0.274. The summed E-state index contributed by atoms with van der Waals surface area (Å²) >= 11 is 0. The smallest absolute Gasteiger partial charge is 0.278 e. The Labute approximate surface area is 37.8 Å². The lowest BCUT2D eigenvalue weighted by Gasteiger charge is -2.07. The molecule has 0 aromatic rings. The Kier molecular flexibility index (Phi) is 1.94. The maximum atomic E-state index is 7.92. The molecule has 0 bridgehead atoms. The van der Waals surface area contributed by atoms with Crippen molar-refractivity contribution in [2.75, 3.05) is 6.16 Å². The van der Waals surface area contributed by atoms with Crippen molar-refractivity contribution in [3.8, 4) is 0 Å². The molecular weight excluding hydrogens is 103 g/mol. The van der Waals surface area contributed by atoms with Gasteiger partial charge in [0.25, 0.3) is 5.97 Å². The van der Waals surface area contributed by atoms with E-state index in [1.54, 1.807) is 0 Å². The molecule has 0 aromatic heterocycles. The summed E-state index contributed by atoms with van der Waals surface area (Å²) in [7, 11) is 1.97. The van der Waals surface area contributed by atoms with Gasteiger partial charge in [-0.05, 0) is 0 Å². The van der Waals surface area contributed by atoms with Crippen LogP contribution in [0.2, 0.25) is 0 Å². The molecule has 4 heteroatoms. The highest BCUT2D eigenvalue weighted by atomic mass is 31.0. The predicted octanol–water partition coefficient (Wildman–Crippen LogP) is -1.51. The third kappa shape index (κ3) is 4.31. The first-order chi connectivity index (χ1) is 2.56. The first kappa shape index (κ1) is 6.31. The average Bonchev–Trinajstić information content (AvgIpc) is 1.35. The standard InChI is InChI=1S/C2H7O3P/c3-2(4,5)1-6/h3-5H,1,6H2. The van der Waals surface area contributed by atoms with E-state index in [9.17, 15) is 0 Å². The van der Waals surface area contributed by atoms with Crippen LogP contribution in [0.25, 0.3) is 0 Å². The van der Waals surface area contributed by atoms with Gasteiger partial charge in [0.15, 0.2) is 0 Å². The zero-order valence-corrected chi connectivity index (χ0v) is 4.28. The van der Waals surface area contributed by atoms with Crippen molar-refractivity contribution >= 4 is 9.24 Å². The van der Waals surface area contributed by atoms with E-state index in [1.807, 2.05) is 9.24 Å². The molecule has 0 fully saturated rings. The minimum Gasteiger partial charge on any atom is -0.343 e. The normalized spacial score (nSPS) is 12.0. The second-order valence-corrected chi connectivity index (χ2v) is 1.39.